The first kappa shape index (κ1) is 16.2. The molecule has 0 aliphatic carbocycles. The van der Waals surface area contributed by atoms with Gasteiger partial charge in [-0.25, -0.2) is 4.98 Å². The molecule has 2 heterocycles. The van der Waals surface area contributed by atoms with E-state index < -0.39 is 0 Å². The summed E-state index contributed by atoms with van der Waals surface area (Å²) in [6, 6.07) is 15.0. The minimum atomic E-state index is -0.191. The highest BCUT2D eigenvalue weighted by Gasteiger charge is 2.13. The van der Waals surface area contributed by atoms with E-state index in [9.17, 15) is 4.79 Å². The van der Waals surface area contributed by atoms with E-state index in [2.05, 4.69) is 10.3 Å². The molecule has 0 unspecified atom stereocenters. The zero-order valence-corrected chi connectivity index (χ0v) is 14.3. The van der Waals surface area contributed by atoms with Gasteiger partial charge >= 0.3 is 0 Å². The highest BCUT2D eigenvalue weighted by atomic mass is 16.7. The van der Waals surface area contributed by atoms with Crippen molar-refractivity contribution >= 4 is 16.8 Å². The van der Waals surface area contributed by atoms with Gasteiger partial charge in [0.2, 0.25) is 6.79 Å². The van der Waals surface area contributed by atoms with Gasteiger partial charge in [-0.1, -0.05) is 12.1 Å². The van der Waals surface area contributed by atoms with Crippen LogP contribution in [-0.2, 0) is 6.42 Å². The summed E-state index contributed by atoms with van der Waals surface area (Å²) in [5.74, 6) is 2.08. The summed E-state index contributed by atoms with van der Waals surface area (Å²) in [4.78, 5) is 16.8. The molecule has 6 heteroatoms. The van der Waals surface area contributed by atoms with E-state index in [4.69, 9.17) is 14.2 Å². The second kappa shape index (κ2) is 6.92. The zero-order valence-electron chi connectivity index (χ0n) is 14.3. The summed E-state index contributed by atoms with van der Waals surface area (Å²) in [6.07, 6.45) is 0.702. The molecule has 0 radical (unpaired) electrons. The van der Waals surface area contributed by atoms with Crippen LogP contribution in [0.1, 0.15) is 16.1 Å². The van der Waals surface area contributed by atoms with Crippen LogP contribution < -0.4 is 19.5 Å². The molecule has 1 aliphatic heterocycles. The molecule has 3 aromatic rings. The topological polar surface area (TPSA) is 69.7 Å². The van der Waals surface area contributed by atoms with Crippen molar-refractivity contribution in [3.05, 3.63) is 59.8 Å². The second-order valence-corrected chi connectivity index (χ2v) is 5.95. The third kappa shape index (κ3) is 3.26. The molecule has 0 saturated heterocycles. The number of nitrogens with one attached hydrogen (secondary N) is 1. The van der Waals surface area contributed by atoms with Crippen molar-refractivity contribution in [1.29, 1.82) is 0 Å². The Kier molecular flexibility index (Phi) is 4.31. The number of pyridine rings is 1. The summed E-state index contributed by atoms with van der Waals surface area (Å²) in [5.41, 5.74) is 2.23. The number of hydrogen-bond acceptors (Lipinski definition) is 5. The van der Waals surface area contributed by atoms with Crippen LogP contribution in [0.25, 0.3) is 10.9 Å². The number of hydrogen-bond donors (Lipinski definition) is 1. The van der Waals surface area contributed by atoms with Crippen LogP contribution >= 0.6 is 0 Å². The van der Waals surface area contributed by atoms with Crippen LogP contribution in [0.5, 0.6) is 17.2 Å². The van der Waals surface area contributed by atoms with Crippen molar-refractivity contribution in [1.82, 2.24) is 10.3 Å². The lowest BCUT2D eigenvalue weighted by Gasteiger charge is -2.07. The molecular formula is C20H18N2O4. The van der Waals surface area contributed by atoms with Crippen LogP contribution in [0.2, 0.25) is 0 Å². The molecule has 0 atom stereocenters. The maximum absolute atomic E-state index is 12.3. The minimum absolute atomic E-state index is 0.191. The van der Waals surface area contributed by atoms with E-state index in [0.717, 1.165) is 33.7 Å². The first-order valence-corrected chi connectivity index (χ1v) is 8.34. The Hall–Kier alpha value is -3.28. The number of aromatic nitrogens is 1. The Balaban J connectivity index is 1.39. The van der Waals surface area contributed by atoms with Gasteiger partial charge in [0.1, 0.15) is 11.4 Å². The van der Waals surface area contributed by atoms with Gasteiger partial charge in [-0.05, 0) is 48.4 Å². The van der Waals surface area contributed by atoms with E-state index in [1.54, 1.807) is 13.2 Å². The number of carbonyl (C=O) groups excluding carboxylic acids is 1. The molecule has 26 heavy (non-hydrogen) atoms. The standard InChI is InChI=1S/C20H18N2O4/c1-24-15-4-6-16-14(11-15)3-5-17(22-16)20(23)21-9-8-13-2-7-18-19(10-13)26-12-25-18/h2-7,10-11H,8-9,12H2,1H3,(H,21,23). The molecule has 1 N–H and O–H groups in total. The van der Waals surface area contributed by atoms with Crippen molar-refractivity contribution in [2.24, 2.45) is 0 Å². The fraction of sp³-hybridized carbons (Fsp3) is 0.200. The van der Waals surface area contributed by atoms with Gasteiger partial charge in [0, 0.05) is 11.9 Å². The predicted molar refractivity (Wildman–Crippen MR) is 96.9 cm³/mol. The fourth-order valence-electron chi connectivity index (χ4n) is 2.86. The first-order chi connectivity index (χ1) is 12.7. The minimum Gasteiger partial charge on any atom is -0.497 e. The molecule has 1 aromatic heterocycles. The number of amides is 1. The Morgan fingerprint density at radius 3 is 2.88 bits per heavy atom. The van der Waals surface area contributed by atoms with Crippen molar-refractivity contribution in [2.45, 2.75) is 6.42 Å². The number of fused-ring (bicyclic) bond motifs is 2. The average molecular weight is 350 g/mol. The van der Waals surface area contributed by atoms with E-state index >= 15 is 0 Å². The first-order valence-electron chi connectivity index (χ1n) is 8.34. The summed E-state index contributed by atoms with van der Waals surface area (Å²) in [6.45, 7) is 0.774. The quantitative estimate of drug-likeness (QED) is 0.766. The normalized spacial score (nSPS) is 12.2. The number of rotatable bonds is 5. The maximum Gasteiger partial charge on any atom is 0.269 e. The second-order valence-electron chi connectivity index (χ2n) is 5.95. The van der Waals surface area contributed by atoms with Gasteiger partial charge in [0.15, 0.2) is 11.5 Å². The molecule has 2 aromatic carbocycles. The smallest absolute Gasteiger partial charge is 0.269 e. The number of carbonyl (C=O) groups is 1. The lowest BCUT2D eigenvalue weighted by atomic mass is 10.1. The van der Waals surface area contributed by atoms with Crippen LogP contribution in [-0.4, -0.2) is 31.3 Å². The van der Waals surface area contributed by atoms with Crippen LogP contribution in [0.15, 0.2) is 48.5 Å². The molecule has 1 amide bonds. The number of ether oxygens (including phenoxy) is 3. The van der Waals surface area contributed by atoms with Crippen LogP contribution in [0.3, 0.4) is 0 Å². The fourth-order valence-corrected chi connectivity index (χ4v) is 2.86. The van der Waals surface area contributed by atoms with Crippen LogP contribution in [0, 0.1) is 0 Å². The summed E-state index contributed by atoms with van der Waals surface area (Å²) in [5, 5.41) is 3.84. The molecule has 132 valence electrons. The maximum atomic E-state index is 12.3. The van der Waals surface area contributed by atoms with Gasteiger partial charge in [0.25, 0.3) is 5.91 Å². The van der Waals surface area contributed by atoms with E-state index in [-0.39, 0.29) is 12.7 Å². The Labute approximate surface area is 150 Å². The summed E-state index contributed by atoms with van der Waals surface area (Å²) in [7, 11) is 1.62. The Bertz CT molecular complexity index is 971. The lowest BCUT2D eigenvalue weighted by Crippen LogP contribution is -2.26. The Morgan fingerprint density at radius 2 is 2.00 bits per heavy atom. The molecule has 0 saturated carbocycles. The molecule has 1 aliphatic rings. The monoisotopic (exact) mass is 350 g/mol. The SMILES string of the molecule is COc1ccc2nc(C(=O)NCCc3ccc4c(c3)OCO4)ccc2c1. The molecule has 0 fully saturated rings. The number of benzene rings is 2. The Morgan fingerprint density at radius 1 is 1.12 bits per heavy atom. The van der Waals surface area contributed by atoms with Crippen molar-refractivity contribution in [3.63, 3.8) is 0 Å². The van der Waals surface area contributed by atoms with Crippen molar-refractivity contribution in [3.8, 4) is 17.2 Å². The summed E-state index contributed by atoms with van der Waals surface area (Å²) >= 11 is 0. The van der Waals surface area contributed by atoms with Gasteiger partial charge < -0.3 is 19.5 Å². The highest BCUT2D eigenvalue weighted by molar-refractivity contribution is 5.95. The predicted octanol–water partition coefficient (Wildman–Crippen LogP) is 2.94. The zero-order chi connectivity index (χ0) is 17.9. The van der Waals surface area contributed by atoms with Crippen LogP contribution in [0.4, 0.5) is 0 Å². The third-order valence-electron chi connectivity index (χ3n) is 4.27. The molecule has 0 spiro atoms. The van der Waals surface area contributed by atoms with Gasteiger partial charge in [-0.15, -0.1) is 0 Å². The largest absolute Gasteiger partial charge is 0.497 e. The highest BCUT2D eigenvalue weighted by Crippen LogP contribution is 2.32. The van der Waals surface area contributed by atoms with Crippen molar-refractivity contribution in [2.75, 3.05) is 20.4 Å². The third-order valence-corrected chi connectivity index (χ3v) is 4.27. The lowest BCUT2D eigenvalue weighted by molar-refractivity contribution is 0.0949. The van der Waals surface area contributed by atoms with E-state index in [1.165, 1.54) is 0 Å². The molecule has 0 bridgehead atoms. The van der Waals surface area contributed by atoms with Gasteiger partial charge in [0.05, 0.1) is 12.6 Å². The van der Waals surface area contributed by atoms with Gasteiger partial charge in [-0.2, -0.15) is 0 Å². The van der Waals surface area contributed by atoms with Crippen molar-refractivity contribution < 1.29 is 19.0 Å². The molecule has 6 nitrogen and oxygen atoms in total. The van der Waals surface area contributed by atoms with E-state index in [0.29, 0.717) is 18.7 Å². The number of methoxy groups -OCH3 is 1. The number of nitrogens with zero attached hydrogens (tertiary/aromatic N) is 1. The van der Waals surface area contributed by atoms with Gasteiger partial charge in [-0.3, -0.25) is 4.79 Å². The molecular weight excluding hydrogens is 332 g/mol. The average Bonchev–Trinajstić information content (AvgIpc) is 3.15. The van der Waals surface area contributed by atoms with E-state index in [1.807, 2.05) is 42.5 Å². The molecule has 4 rings (SSSR count). The summed E-state index contributed by atoms with van der Waals surface area (Å²) < 4.78 is 15.9.